The number of hydrogen-bond donors (Lipinski definition) is 0. The van der Waals surface area contributed by atoms with Crippen LogP contribution in [0.3, 0.4) is 0 Å². The van der Waals surface area contributed by atoms with Crippen molar-refractivity contribution in [3.63, 3.8) is 0 Å². The standard InChI is InChI=1S/C12H11ClN4O3/c13-8-5-14-12(15-6-8)19-9-2-4-17(7-9)11(18)10-1-3-16-20-10/h1,3,5-6,9H,2,4,7H2/t9-/m0/s1. The van der Waals surface area contributed by atoms with Gasteiger partial charge in [-0.05, 0) is 0 Å². The zero-order valence-electron chi connectivity index (χ0n) is 10.4. The third kappa shape index (κ3) is 2.72. The van der Waals surface area contributed by atoms with E-state index in [-0.39, 0.29) is 23.8 Å². The fraction of sp³-hybridized carbons (Fsp3) is 0.333. The molecule has 0 spiro atoms. The van der Waals surface area contributed by atoms with E-state index in [1.54, 1.807) is 11.0 Å². The molecule has 1 fully saturated rings. The first-order valence-corrected chi connectivity index (χ1v) is 6.44. The monoisotopic (exact) mass is 294 g/mol. The van der Waals surface area contributed by atoms with Crippen molar-refractivity contribution in [1.82, 2.24) is 20.0 Å². The summed E-state index contributed by atoms with van der Waals surface area (Å²) in [6.07, 6.45) is 4.96. The summed E-state index contributed by atoms with van der Waals surface area (Å²) in [5.41, 5.74) is 0. The Balaban J connectivity index is 1.59. The molecular formula is C12H11ClN4O3. The maximum Gasteiger partial charge on any atom is 0.316 e. The van der Waals surface area contributed by atoms with E-state index in [9.17, 15) is 4.79 Å². The van der Waals surface area contributed by atoms with Crippen LogP contribution in [0.25, 0.3) is 0 Å². The molecule has 3 rings (SSSR count). The quantitative estimate of drug-likeness (QED) is 0.851. The minimum atomic E-state index is -0.189. The minimum absolute atomic E-state index is 0.136. The maximum atomic E-state index is 12.0. The molecule has 0 radical (unpaired) electrons. The van der Waals surface area contributed by atoms with Crippen LogP contribution < -0.4 is 4.74 Å². The van der Waals surface area contributed by atoms with Crippen LogP contribution >= 0.6 is 11.6 Å². The van der Waals surface area contributed by atoms with Gasteiger partial charge in [-0.3, -0.25) is 4.79 Å². The molecule has 20 heavy (non-hydrogen) atoms. The number of carbonyl (C=O) groups excluding carboxylic acids is 1. The number of likely N-dealkylation sites (tertiary alicyclic amines) is 1. The van der Waals surface area contributed by atoms with Crippen molar-refractivity contribution in [3.05, 3.63) is 35.4 Å². The van der Waals surface area contributed by atoms with Gasteiger partial charge in [0.2, 0.25) is 5.76 Å². The van der Waals surface area contributed by atoms with Gasteiger partial charge < -0.3 is 14.2 Å². The molecule has 1 saturated heterocycles. The number of halogens is 1. The van der Waals surface area contributed by atoms with Crippen LogP contribution in [0.2, 0.25) is 5.02 Å². The fourth-order valence-corrected chi connectivity index (χ4v) is 2.10. The molecule has 2 aromatic rings. The van der Waals surface area contributed by atoms with Gasteiger partial charge >= 0.3 is 6.01 Å². The average Bonchev–Trinajstić information content (AvgIpc) is 3.12. The summed E-state index contributed by atoms with van der Waals surface area (Å²) in [4.78, 5) is 21.6. The smallest absolute Gasteiger partial charge is 0.316 e. The highest BCUT2D eigenvalue weighted by atomic mass is 35.5. The van der Waals surface area contributed by atoms with E-state index in [0.29, 0.717) is 24.5 Å². The van der Waals surface area contributed by atoms with Gasteiger partial charge in [-0.15, -0.1) is 0 Å². The number of carbonyl (C=O) groups is 1. The van der Waals surface area contributed by atoms with E-state index in [2.05, 4.69) is 15.1 Å². The van der Waals surface area contributed by atoms with E-state index in [1.807, 2.05) is 0 Å². The van der Waals surface area contributed by atoms with Gasteiger partial charge in [0.15, 0.2) is 0 Å². The normalized spacial score (nSPS) is 18.2. The van der Waals surface area contributed by atoms with E-state index in [1.165, 1.54) is 18.6 Å². The summed E-state index contributed by atoms with van der Waals surface area (Å²) in [6.45, 7) is 1.06. The highest BCUT2D eigenvalue weighted by molar-refractivity contribution is 6.30. The maximum absolute atomic E-state index is 12.0. The number of amides is 1. The number of aromatic nitrogens is 3. The van der Waals surface area contributed by atoms with Crippen LogP contribution in [0.1, 0.15) is 17.0 Å². The molecule has 0 aromatic carbocycles. The van der Waals surface area contributed by atoms with Crippen molar-refractivity contribution in [2.24, 2.45) is 0 Å². The van der Waals surface area contributed by atoms with Crippen molar-refractivity contribution in [2.75, 3.05) is 13.1 Å². The molecule has 8 heteroatoms. The molecule has 0 N–H and O–H groups in total. The average molecular weight is 295 g/mol. The predicted molar refractivity (Wildman–Crippen MR) is 68.5 cm³/mol. The summed E-state index contributed by atoms with van der Waals surface area (Å²) in [6, 6.07) is 1.80. The highest BCUT2D eigenvalue weighted by Gasteiger charge is 2.30. The largest absolute Gasteiger partial charge is 0.458 e. The van der Waals surface area contributed by atoms with Crippen LogP contribution in [-0.4, -0.2) is 45.1 Å². The zero-order valence-corrected chi connectivity index (χ0v) is 11.2. The van der Waals surface area contributed by atoms with Gasteiger partial charge in [0, 0.05) is 19.0 Å². The molecule has 104 valence electrons. The van der Waals surface area contributed by atoms with E-state index < -0.39 is 0 Å². The summed E-state index contributed by atoms with van der Waals surface area (Å²) in [7, 11) is 0. The molecule has 1 atom stereocenters. The van der Waals surface area contributed by atoms with Crippen molar-refractivity contribution in [2.45, 2.75) is 12.5 Å². The number of rotatable bonds is 3. The summed E-state index contributed by atoms with van der Waals surface area (Å²) in [5.74, 6) is 0.0408. The second-order valence-electron chi connectivity index (χ2n) is 4.34. The zero-order chi connectivity index (χ0) is 13.9. The van der Waals surface area contributed by atoms with E-state index >= 15 is 0 Å². The lowest BCUT2D eigenvalue weighted by Crippen LogP contribution is -2.30. The van der Waals surface area contributed by atoms with Gasteiger partial charge in [-0.1, -0.05) is 16.8 Å². The van der Waals surface area contributed by atoms with Gasteiger partial charge in [0.25, 0.3) is 5.91 Å². The lowest BCUT2D eigenvalue weighted by molar-refractivity contribution is 0.0728. The Labute approximate surface area is 119 Å². The lowest BCUT2D eigenvalue weighted by Gasteiger charge is -2.14. The first-order valence-electron chi connectivity index (χ1n) is 6.06. The van der Waals surface area contributed by atoms with Crippen LogP contribution in [0.4, 0.5) is 0 Å². The van der Waals surface area contributed by atoms with E-state index in [0.717, 1.165) is 0 Å². The SMILES string of the molecule is O=C(c1ccno1)N1CC[C@H](Oc2ncc(Cl)cn2)C1. The molecule has 0 aliphatic carbocycles. The van der Waals surface area contributed by atoms with Crippen molar-refractivity contribution in [1.29, 1.82) is 0 Å². The Morgan fingerprint density at radius 2 is 2.25 bits per heavy atom. The Bertz CT molecular complexity index is 587. The van der Waals surface area contributed by atoms with Crippen molar-refractivity contribution >= 4 is 17.5 Å². The second-order valence-corrected chi connectivity index (χ2v) is 4.78. The van der Waals surface area contributed by atoms with E-state index in [4.69, 9.17) is 20.9 Å². The summed E-state index contributed by atoms with van der Waals surface area (Å²) in [5, 5.41) is 3.97. The lowest BCUT2D eigenvalue weighted by atomic mass is 10.3. The van der Waals surface area contributed by atoms with Gasteiger partial charge in [0.05, 0.1) is 30.2 Å². The van der Waals surface area contributed by atoms with Gasteiger partial charge in [0.1, 0.15) is 6.10 Å². The van der Waals surface area contributed by atoms with Gasteiger partial charge in [-0.25, -0.2) is 9.97 Å². The molecule has 0 bridgehead atoms. The Kier molecular flexibility index (Phi) is 3.51. The molecule has 0 unspecified atom stereocenters. The molecule has 3 heterocycles. The highest BCUT2D eigenvalue weighted by Crippen LogP contribution is 2.17. The Morgan fingerprint density at radius 1 is 1.45 bits per heavy atom. The van der Waals surface area contributed by atoms with Crippen molar-refractivity contribution < 1.29 is 14.1 Å². The van der Waals surface area contributed by atoms with Crippen LogP contribution in [0.5, 0.6) is 6.01 Å². The molecule has 1 aliphatic heterocycles. The summed E-state index contributed by atoms with van der Waals surface area (Å²) >= 11 is 5.70. The number of ether oxygens (including phenoxy) is 1. The summed E-state index contributed by atoms with van der Waals surface area (Å²) < 4.78 is 10.5. The second kappa shape index (κ2) is 5.46. The third-order valence-electron chi connectivity index (χ3n) is 2.95. The molecule has 7 nitrogen and oxygen atoms in total. The molecule has 0 saturated carbocycles. The molecule has 1 amide bonds. The topological polar surface area (TPSA) is 81.4 Å². The molecular weight excluding hydrogens is 284 g/mol. The van der Waals surface area contributed by atoms with Crippen LogP contribution in [0.15, 0.2) is 29.2 Å². The number of hydrogen-bond acceptors (Lipinski definition) is 6. The predicted octanol–water partition coefficient (Wildman–Crippen LogP) is 1.41. The van der Waals surface area contributed by atoms with Crippen molar-refractivity contribution in [3.8, 4) is 6.01 Å². The number of nitrogens with zero attached hydrogens (tertiary/aromatic N) is 4. The fourth-order valence-electron chi connectivity index (χ4n) is 2.00. The first-order chi connectivity index (χ1) is 9.72. The first kappa shape index (κ1) is 12.9. The molecule has 2 aromatic heterocycles. The van der Waals surface area contributed by atoms with Crippen LogP contribution in [-0.2, 0) is 0 Å². The minimum Gasteiger partial charge on any atom is -0.458 e. The van der Waals surface area contributed by atoms with Gasteiger partial charge in [-0.2, -0.15) is 0 Å². The third-order valence-corrected chi connectivity index (χ3v) is 3.14. The Hall–Kier alpha value is -2.15. The van der Waals surface area contributed by atoms with Crippen LogP contribution in [0, 0.1) is 0 Å². The Morgan fingerprint density at radius 3 is 2.95 bits per heavy atom. The molecule has 1 aliphatic rings.